The SMILES string of the molecule is C=CC(=O)Oc1ccc(C(=O)OCCCC)cc1. The number of unbranched alkanes of at least 4 members (excludes halogenated alkanes) is 1. The first-order valence-corrected chi connectivity index (χ1v) is 5.78. The van der Waals surface area contributed by atoms with E-state index in [1.807, 2.05) is 6.92 Å². The minimum absolute atomic E-state index is 0.366. The summed E-state index contributed by atoms with van der Waals surface area (Å²) >= 11 is 0. The number of rotatable bonds is 6. The molecular weight excluding hydrogens is 232 g/mol. The van der Waals surface area contributed by atoms with Crippen molar-refractivity contribution in [3.63, 3.8) is 0 Å². The number of carbonyl (C=O) groups is 2. The van der Waals surface area contributed by atoms with E-state index in [1.54, 1.807) is 12.1 Å². The van der Waals surface area contributed by atoms with Gasteiger partial charge >= 0.3 is 11.9 Å². The van der Waals surface area contributed by atoms with Crippen LogP contribution in [0.2, 0.25) is 0 Å². The van der Waals surface area contributed by atoms with Crippen LogP contribution < -0.4 is 4.74 Å². The molecule has 0 atom stereocenters. The molecule has 0 aliphatic heterocycles. The van der Waals surface area contributed by atoms with E-state index in [2.05, 4.69) is 6.58 Å². The molecule has 0 aromatic heterocycles. The molecule has 0 saturated carbocycles. The number of esters is 2. The predicted molar refractivity (Wildman–Crippen MR) is 67.5 cm³/mol. The molecule has 0 heterocycles. The van der Waals surface area contributed by atoms with E-state index in [-0.39, 0.29) is 5.97 Å². The maximum Gasteiger partial charge on any atom is 0.338 e. The van der Waals surface area contributed by atoms with Crippen molar-refractivity contribution in [2.45, 2.75) is 19.8 Å². The third-order valence-corrected chi connectivity index (χ3v) is 2.21. The molecule has 0 aliphatic carbocycles. The second-order valence-corrected chi connectivity index (χ2v) is 3.64. The van der Waals surface area contributed by atoms with Gasteiger partial charge in [0.2, 0.25) is 0 Å². The smallest absolute Gasteiger partial charge is 0.338 e. The molecule has 1 aromatic rings. The van der Waals surface area contributed by atoms with Gasteiger partial charge in [0.15, 0.2) is 0 Å². The summed E-state index contributed by atoms with van der Waals surface area (Å²) in [7, 11) is 0. The average molecular weight is 248 g/mol. The highest BCUT2D eigenvalue weighted by molar-refractivity contribution is 5.89. The topological polar surface area (TPSA) is 52.6 Å². The Hall–Kier alpha value is -2.10. The first-order valence-electron chi connectivity index (χ1n) is 5.78. The number of ether oxygens (including phenoxy) is 2. The Labute approximate surface area is 106 Å². The van der Waals surface area contributed by atoms with Gasteiger partial charge in [-0.2, -0.15) is 0 Å². The van der Waals surface area contributed by atoms with E-state index in [0.29, 0.717) is 17.9 Å². The lowest BCUT2D eigenvalue weighted by Gasteiger charge is -2.05. The maximum absolute atomic E-state index is 11.6. The fourth-order valence-electron chi connectivity index (χ4n) is 1.21. The van der Waals surface area contributed by atoms with Crippen LogP contribution in [0.1, 0.15) is 30.1 Å². The fraction of sp³-hybridized carbons (Fsp3) is 0.286. The van der Waals surface area contributed by atoms with Gasteiger partial charge in [-0.15, -0.1) is 0 Å². The molecule has 0 unspecified atom stereocenters. The van der Waals surface area contributed by atoms with Crippen LogP contribution >= 0.6 is 0 Å². The molecule has 1 aromatic carbocycles. The van der Waals surface area contributed by atoms with Crippen molar-refractivity contribution >= 4 is 11.9 Å². The summed E-state index contributed by atoms with van der Waals surface area (Å²) in [6, 6.07) is 6.19. The van der Waals surface area contributed by atoms with Crippen LogP contribution in [0, 0.1) is 0 Å². The molecular formula is C14H16O4. The highest BCUT2D eigenvalue weighted by Gasteiger charge is 2.07. The standard InChI is InChI=1S/C14H16O4/c1-3-5-10-17-14(16)11-6-8-12(9-7-11)18-13(15)4-2/h4,6-9H,2-3,5,10H2,1H3. The molecule has 4 nitrogen and oxygen atoms in total. The van der Waals surface area contributed by atoms with Crippen LogP contribution in [0.5, 0.6) is 5.75 Å². The summed E-state index contributed by atoms with van der Waals surface area (Å²) < 4.78 is 9.94. The van der Waals surface area contributed by atoms with Gasteiger partial charge in [0.25, 0.3) is 0 Å². The predicted octanol–water partition coefficient (Wildman–Crippen LogP) is 2.73. The van der Waals surface area contributed by atoms with Crippen LogP contribution in [0.25, 0.3) is 0 Å². The van der Waals surface area contributed by atoms with Gasteiger partial charge in [0.05, 0.1) is 12.2 Å². The van der Waals surface area contributed by atoms with Crippen molar-refractivity contribution in [1.29, 1.82) is 0 Å². The van der Waals surface area contributed by atoms with Gasteiger partial charge in [-0.25, -0.2) is 9.59 Å². The first-order chi connectivity index (χ1) is 8.67. The van der Waals surface area contributed by atoms with Gasteiger partial charge in [-0.05, 0) is 30.7 Å². The Bertz CT molecular complexity index is 420. The third-order valence-electron chi connectivity index (χ3n) is 2.21. The second kappa shape index (κ2) is 7.27. The summed E-state index contributed by atoms with van der Waals surface area (Å²) in [6.45, 7) is 5.74. The Morgan fingerprint density at radius 2 is 1.94 bits per heavy atom. The number of hydrogen-bond acceptors (Lipinski definition) is 4. The third kappa shape index (κ3) is 4.41. The molecule has 0 N–H and O–H groups in total. The van der Waals surface area contributed by atoms with Crippen molar-refractivity contribution < 1.29 is 19.1 Å². The average Bonchev–Trinajstić information content (AvgIpc) is 2.39. The molecule has 0 aliphatic rings. The van der Waals surface area contributed by atoms with Crippen molar-refractivity contribution in [1.82, 2.24) is 0 Å². The molecule has 1 rings (SSSR count). The molecule has 0 radical (unpaired) electrons. The van der Waals surface area contributed by atoms with E-state index in [0.717, 1.165) is 18.9 Å². The van der Waals surface area contributed by atoms with Crippen LogP contribution in [-0.4, -0.2) is 18.5 Å². The summed E-state index contributed by atoms with van der Waals surface area (Å²) in [5.41, 5.74) is 0.435. The Balaban J connectivity index is 2.56. The zero-order valence-electron chi connectivity index (χ0n) is 10.3. The molecule has 0 saturated heterocycles. The van der Waals surface area contributed by atoms with Crippen LogP contribution in [-0.2, 0) is 9.53 Å². The van der Waals surface area contributed by atoms with Crippen molar-refractivity contribution in [2.75, 3.05) is 6.61 Å². The van der Waals surface area contributed by atoms with E-state index in [1.165, 1.54) is 12.1 Å². The van der Waals surface area contributed by atoms with E-state index in [9.17, 15) is 9.59 Å². The van der Waals surface area contributed by atoms with Crippen molar-refractivity contribution in [2.24, 2.45) is 0 Å². The van der Waals surface area contributed by atoms with Crippen molar-refractivity contribution in [3.05, 3.63) is 42.5 Å². The minimum Gasteiger partial charge on any atom is -0.462 e. The van der Waals surface area contributed by atoms with Crippen LogP contribution in [0.15, 0.2) is 36.9 Å². The lowest BCUT2D eigenvalue weighted by atomic mass is 10.2. The molecule has 0 amide bonds. The molecule has 4 heteroatoms. The minimum atomic E-state index is -0.534. The normalized spacial score (nSPS) is 9.61. The molecule has 18 heavy (non-hydrogen) atoms. The summed E-state index contributed by atoms with van der Waals surface area (Å²) in [6.07, 6.45) is 2.90. The van der Waals surface area contributed by atoms with E-state index in [4.69, 9.17) is 9.47 Å². The largest absolute Gasteiger partial charge is 0.462 e. The highest BCUT2D eigenvalue weighted by atomic mass is 16.5. The van der Waals surface area contributed by atoms with Crippen molar-refractivity contribution in [3.8, 4) is 5.75 Å². The zero-order chi connectivity index (χ0) is 13.4. The Morgan fingerprint density at radius 3 is 2.50 bits per heavy atom. The van der Waals surface area contributed by atoms with Gasteiger partial charge in [0.1, 0.15) is 5.75 Å². The van der Waals surface area contributed by atoms with Crippen LogP contribution in [0.3, 0.4) is 0 Å². The lowest BCUT2D eigenvalue weighted by molar-refractivity contribution is -0.128. The Kier molecular flexibility index (Phi) is 5.64. The van der Waals surface area contributed by atoms with E-state index < -0.39 is 5.97 Å². The number of benzene rings is 1. The van der Waals surface area contributed by atoms with Gasteiger partial charge in [-0.3, -0.25) is 0 Å². The van der Waals surface area contributed by atoms with Gasteiger partial charge in [-0.1, -0.05) is 19.9 Å². The zero-order valence-corrected chi connectivity index (χ0v) is 10.3. The summed E-state index contributed by atoms with van der Waals surface area (Å²) in [5, 5.41) is 0. The number of hydrogen-bond donors (Lipinski definition) is 0. The highest BCUT2D eigenvalue weighted by Crippen LogP contribution is 2.13. The summed E-state index contributed by atoms with van der Waals surface area (Å²) in [4.78, 5) is 22.5. The molecule has 96 valence electrons. The quantitative estimate of drug-likeness (QED) is 0.336. The fourth-order valence-corrected chi connectivity index (χ4v) is 1.21. The molecule has 0 bridgehead atoms. The second-order valence-electron chi connectivity index (χ2n) is 3.64. The monoisotopic (exact) mass is 248 g/mol. The first kappa shape index (κ1) is 14.0. The lowest BCUT2D eigenvalue weighted by Crippen LogP contribution is -2.07. The summed E-state index contributed by atoms with van der Waals surface area (Å²) in [5.74, 6) is -0.539. The maximum atomic E-state index is 11.6. The van der Waals surface area contributed by atoms with Gasteiger partial charge < -0.3 is 9.47 Å². The Morgan fingerprint density at radius 1 is 1.28 bits per heavy atom. The van der Waals surface area contributed by atoms with Crippen LogP contribution in [0.4, 0.5) is 0 Å². The van der Waals surface area contributed by atoms with Gasteiger partial charge in [0, 0.05) is 6.08 Å². The molecule has 0 fully saturated rings. The molecule has 0 spiro atoms. The number of carbonyl (C=O) groups excluding carboxylic acids is 2. The van der Waals surface area contributed by atoms with E-state index >= 15 is 0 Å².